The Morgan fingerprint density at radius 2 is 1.94 bits per heavy atom. The Morgan fingerprint density at radius 1 is 1.25 bits per heavy atom. The summed E-state index contributed by atoms with van der Waals surface area (Å²) in [5, 5.41) is 10.2. The molecular weight excluding hydrogens is 411 g/mol. The lowest BCUT2D eigenvalue weighted by molar-refractivity contribution is -0.117. The van der Waals surface area contributed by atoms with Crippen molar-refractivity contribution >= 4 is 17.4 Å². The lowest BCUT2D eigenvalue weighted by atomic mass is 9.96. The van der Waals surface area contributed by atoms with Gasteiger partial charge in [0.15, 0.2) is 11.6 Å². The van der Waals surface area contributed by atoms with E-state index < -0.39 is 11.4 Å². The molecule has 3 atom stereocenters. The maximum absolute atomic E-state index is 15.2. The van der Waals surface area contributed by atoms with Gasteiger partial charge < -0.3 is 24.4 Å². The van der Waals surface area contributed by atoms with Gasteiger partial charge in [-0.1, -0.05) is 19.1 Å². The first-order chi connectivity index (χ1) is 15.2. The highest BCUT2D eigenvalue weighted by molar-refractivity contribution is 5.76. The van der Waals surface area contributed by atoms with Crippen molar-refractivity contribution in [1.29, 1.82) is 0 Å². The Bertz CT molecular complexity index is 966. The van der Waals surface area contributed by atoms with Crippen molar-refractivity contribution in [2.75, 3.05) is 36.0 Å². The van der Waals surface area contributed by atoms with Crippen LogP contribution in [-0.4, -0.2) is 58.7 Å². The van der Waals surface area contributed by atoms with Gasteiger partial charge in [-0.25, -0.2) is 9.97 Å². The number of carbonyl (C=O) groups excluding carboxylic acids is 1. The molecule has 1 aromatic carbocycles. The van der Waals surface area contributed by atoms with E-state index in [0.717, 1.165) is 17.7 Å². The minimum atomic E-state index is -0.830. The van der Waals surface area contributed by atoms with E-state index in [1.807, 2.05) is 36.1 Å². The smallest absolute Gasteiger partial charge is 0.208 e. The zero-order chi connectivity index (χ0) is 22.9. The van der Waals surface area contributed by atoms with Crippen molar-refractivity contribution in [3.05, 3.63) is 42.0 Å². The van der Waals surface area contributed by atoms with Crippen LogP contribution in [0.5, 0.6) is 5.75 Å². The largest absolute Gasteiger partial charge is 0.489 e. The van der Waals surface area contributed by atoms with Crippen LogP contribution in [0.4, 0.5) is 16.0 Å². The highest BCUT2D eigenvalue weighted by Crippen LogP contribution is 2.32. The number of aromatic nitrogens is 2. The normalized spacial score (nSPS) is 24.1. The number of hydrogen-bond acceptors (Lipinski definition) is 7. The van der Waals surface area contributed by atoms with Crippen LogP contribution in [0.25, 0.3) is 0 Å². The quantitative estimate of drug-likeness (QED) is 0.705. The van der Waals surface area contributed by atoms with Crippen LogP contribution in [0.3, 0.4) is 0 Å². The first-order valence-corrected chi connectivity index (χ1v) is 11.2. The molecule has 172 valence electrons. The molecule has 2 aliphatic heterocycles. The number of Topliss-reactive ketones (excluding diaryl/α,β-unsaturated/α-hetero) is 1. The number of aliphatic hydroxyl groups is 1. The maximum atomic E-state index is 15.2. The molecule has 0 amide bonds. The van der Waals surface area contributed by atoms with Crippen molar-refractivity contribution in [2.24, 2.45) is 0 Å². The monoisotopic (exact) mass is 442 g/mol. The van der Waals surface area contributed by atoms with Gasteiger partial charge in [0.25, 0.3) is 0 Å². The number of anilines is 2. The zero-order valence-electron chi connectivity index (χ0n) is 18.9. The third kappa shape index (κ3) is 5.01. The number of ether oxygens (including phenoxy) is 1. The molecule has 7 nitrogen and oxygen atoms in total. The van der Waals surface area contributed by atoms with Gasteiger partial charge in [-0.05, 0) is 43.9 Å². The molecule has 4 rings (SSSR count). The molecule has 1 aromatic heterocycles. The fourth-order valence-corrected chi connectivity index (χ4v) is 4.55. The van der Waals surface area contributed by atoms with Crippen LogP contribution < -0.4 is 14.5 Å². The summed E-state index contributed by atoms with van der Waals surface area (Å²) in [6.07, 6.45) is 3.19. The number of β-amino-alcohol motifs (C(OH)–C–C–N with tert-alkyl or cyclic N) is 1. The molecule has 1 N–H and O–H groups in total. The van der Waals surface area contributed by atoms with Gasteiger partial charge in [-0.3, -0.25) is 0 Å². The maximum Gasteiger partial charge on any atom is 0.208 e. The van der Waals surface area contributed by atoms with Crippen LogP contribution in [-0.2, 0) is 4.79 Å². The van der Waals surface area contributed by atoms with Crippen molar-refractivity contribution in [2.45, 2.75) is 57.7 Å². The number of rotatable bonds is 7. The average molecular weight is 443 g/mol. The summed E-state index contributed by atoms with van der Waals surface area (Å²) in [6.45, 7) is 7.50. The number of benzene rings is 1. The minimum absolute atomic E-state index is 0.0687. The first-order valence-electron chi connectivity index (χ1n) is 11.2. The van der Waals surface area contributed by atoms with Gasteiger partial charge in [0, 0.05) is 32.5 Å². The van der Waals surface area contributed by atoms with Gasteiger partial charge in [-0.2, -0.15) is 4.39 Å². The lowest BCUT2D eigenvalue weighted by Gasteiger charge is -2.23. The van der Waals surface area contributed by atoms with Crippen LogP contribution in [0, 0.1) is 5.82 Å². The Hall–Kier alpha value is -2.74. The Labute approximate surface area is 188 Å². The van der Waals surface area contributed by atoms with Gasteiger partial charge in [0.05, 0.1) is 12.1 Å². The molecule has 8 heteroatoms. The molecule has 32 heavy (non-hydrogen) atoms. The zero-order valence-corrected chi connectivity index (χ0v) is 18.9. The van der Waals surface area contributed by atoms with Gasteiger partial charge in [0.1, 0.15) is 24.0 Å². The summed E-state index contributed by atoms with van der Waals surface area (Å²) in [5.41, 5.74) is 0.279. The summed E-state index contributed by atoms with van der Waals surface area (Å²) in [5.74, 6) is 1.19. The third-order valence-corrected chi connectivity index (χ3v) is 6.29. The number of halogens is 1. The SMILES string of the molecule is CC(=O)C[C@@H](C)c1ccc(O[C@@H]2CCN(c3ncnc(N4CCC(C)(O)C4)c3F)C2)cc1. The van der Waals surface area contributed by atoms with Crippen molar-refractivity contribution in [3.63, 3.8) is 0 Å². The fraction of sp³-hybridized carbons (Fsp3) is 0.542. The molecule has 0 saturated carbocycles. The standard InChI is InChI=1S/C24H31FN4O3/c1-16(12-17(2)30)18-4-6-19(7-5-18)32-20-8-10-28(13-20)22-21(25)23(27-15-26-22)29-11-9-24(3,31)14-29/h4-7,15-16,20,31H,8-14H2,1-3H3/t16-,20-,24?/m1/s1. The molecule has 1 unspecified atom stereocenters. The summed E-state index contributed by atoms with van der Waals surface area (Å²) >= 11 is 0. The van der Waals surface area contributed by atoms with E-state index in [1.54, 1.807) is 18.7 Å². The second-order valence-electron chi connectivity index (χ2n) is 9.35. The molecule has 3 heterocycles. The summed E-state index contributed by atoms with van der Waals surface area (Å²) in [6, 6.07) is 7.85. The van der Waals surface area contributed by atoms with E-state index in [4.69, 9.17) is 4.74 Å². The van der Waals surface area contributed by atoms with Gasteiger partial charge in [-0.15, -0.1) is 0 Å². The van der Waals surface area contributed by atoms with E-state index in [-0.39, 0.29) is 29.4 Å². The molecular formula is C24H31FN4O3. The van der Waals surface area contributed by atoms with Crippen LogP contribution in [0.1, 0.15) is 51.5 Å². The minimum Gasteiger partial charge on any atom is -0.489 e. The van der Waals surface area contributed by atoms with Crippen molar-refractivity contribution in [1.82, 2.24) is 9.97 Å². The molecule has 0 aliphatic carbocycles. The van der Waals surface area contributed by atoms with E-state index >= 15 is 4.39 Å². The Balaban J connectivity index is 1.39. The predicted octanol–water partition coefficient (Wildman–Crippen LogP) is 3.32. The highest BCUT2D eigenvalue weighted by Gasteiger charge is 2.35. The number of carbonyl (C=O) groups is 1. The second-order valence-corrected chi connectivity index (χ2v) is 9.35. The van der Waals surface area contributed by atoms with Crippen molar-refractivity contribution < 1.29 is 19.0 Å². The molecule has 0 spiro atoms. The molecule has 2 saturated heterocycles. The number of ketones is 1. The molecule has 0 radical (unpaired) electrons. The molecule has 2 fully saturated rings. The summed E-state index contributed by atoms with van der Waals surface area (Å²) in [7, 11) is 0. The van der Waals surface area contributed by atoms with Gasteiger partial charge >= 0.3 is 0 Å². The van der Waals surface area contributed by atoms with Crippen molar-refractivity contribution in [3.8, 4) is 5.75 Å². The van der Waals surface area contributed by atoms with E-state index in [0.29, 0.717) is 39.0 Å². The number of hydrogen-bond donors (Lipinski definition) is 1. The molecule has 2 aliphatic rings. The summed E-state index contributed by atoms with van der Waals surface area (Å²) in [4.78, 5) is 23.3. The topological polar surface area (TPSA) is 78.8 Å². The van der Waals surface area contributed by atoms with E-state index in [2.05, 4.69) is 9.97 Å². The number of nitrogens with zero attached hydrogens (tertiary/aromatic N) is 4. The fourth-order valence-electron chi connectivity index (χ4n) is 4.55. The Kier molecular flexibility index (Phi) is 6.33. The van der Waals surface area contributed by atoms with E-state index in [1.165, 1.54) is 6.33 Å². The van der Waals surface area contributed by atoms with Crippen LogP contribution in [0.15, 0.2) is 30.6 Å². The van der Waals surface area contributed by atoms with Crippen LogP contribution >= 0.6 is 0 Å². The second kappa shape index (κ2) is 9.02. The summed E-state index contributed by atoms with van der Waals surface area (Å²) < 4.78 is 21.4. The predicted molar refractivity (Wildman–Crippen MR) is 121 cm³/mol. The Morgan fingerprint density at radius 3 is 2.56 bits per heavy atom. The van der Waals surface area contributed by atoms with Crippen LogP contribution in [0.2, 0.25) is 0 Å². The first kappa shape index (κ1) is 22.5. The lowest BCUT2D eigenvalue weighted by Crippen LogP contribution is -2.31. The molecule has 2 aromatic rings. The third-order valence-electron chi connectivity index (χ3n) is 6.29. The van der Waals surface area contributed by atoms with E-state index in [9.17, 15) is 9.90 Å². The van der Waals surface area contributed by atoms with Gasteiger partial charge in [0.2, 0.25) is 5.82 Å². The highest BCUT2D eigenvalue weighted by atomic mass is 19.1. The molecule has 0 bridgehead atoms. The average Bonchev–Trinajstić information content (AvgIpc) is 3.34.